The van der Waals surface area contributed by atoms with Crippen molar-refractivity contribution in [2.75, 3.05) is 6.54 Å². The van der Waals surface area contributed by atoms with Crippen molar-refractivity contribution in [2.45, 2.75) is 38.6 Å². The van der Waals surface area contributed by atoms with E-state index in [1.54, 1.807) is 12.4 Å². The molecule has 1 heterocycles. The molecule has 0 saturated carbocycles. The summed E-state index contributed by atoms with van der Waals surface area (Å²) in [5, 5.41) is 2.95. The van der Waals surface area contributed by atoms with Gasteiger partial charge in [0.15, 0.2) is 0 Å². The molecule has 0 bridgehead atoms. The summed E-state index contributed by atoms with van der Waals surface area (Å²) < 4.78 is 0. The summed E-state index contributed by atoms with van der Waals surface area (Å²) in [5.41, 5.74) is 6.52. The summed E-state index contributed by atoms with van der Waals surface area (Å²) in [6, 6.07) is 3.94. The fourth-order valence-electron chi connectivity index (χ4n) is 1.75. The molecular weight excluding hydrogens is 214 g/mol. The summed E-state index contributed by atoms with van der Waals surface area (Å²) in [6.07, 6.45) is 5.05. The lowest BCUT2D eigenvalue weighted by Gasteiger charge is -2.18. The van der Waals surface area contributed by atoms with Crippen LogP contribution in [0.2, 0.25) is 0 Å². The van der Waals surface area contributed by atoms with Crippen molar-refractivity contribution in [3.63, 3.8) is 0 Å². The minimum Gasteiger partial charge on any atom is -0.353 e. The Hall–Kier alpha value is -1.42. The maximum absolute atomic E-state index is 12.1. The minimum absolute atomic E-state index is 0.0691. The smallest absolute Gasteiger partial charge is 0.227 e. The van der Waals surface area contributed by atoms with Crippen molar-refractivity contribution in [3.05, 3.63) is 30.1 Å². The molecule has 0 aliphatic rings. The molecule has 0 fully saturated rings. The topological polar surface area (TPSA) is 68.0 Å². The first-order chi connectivity index (χ1) is 8.15. The molecule has 0 saturated heterocycles. The van der Waals surface area contributed by atoms with Crippen LogP contribution < -0.4 is 11.1 Å². The van der Waals surface area contributed by atoms with Crippen LogP contribution in [0.3, 0.4) is 0 Å². The first-order valence-electron chi connectivity index (χ1n) is 6.05. The molecule has 1 atom stereocenters. The fourth-order valence-corrected chi connectivity index (χ4v) is 1.75. The Kier molecular flexibility index (Phi) is 5.63. The van der Waals surface area contributed by atoms with Crippen LogP contribution in [0.5, 0.6) is 0 Å². The molecule has 0 spiro atoms. The van der Waals surface area contributed by atoms with Gasteiger partial charge in [0.05, 0.1) is 5.92 Å². The number of aromatic nitrogens is 1. The first-order valence-corrected chi connectivity index (χ1v) is 6.05. The SMILES string of the molecule is CC(C)NC(=O)C(CCCN)c1ccncc1. The molecule has 1 aromatic heterocycles. The molecule has 3 N–H and O–H groups in total. The molecule has 1 aromatic rings. The van der Waals surface area contributed by atoms with E-state index in [9.17, 15) is 4.79 Å². The van der Waals surface area contributed by atoms with Crippen LogP contribution in [0.25, 0.3) is 0 Å². The van der Waals surface area contributed by atoms with E-state index in [-0.39, 0.29) is 17.9 Å². The van der Waals surface area contributed by atoms with Crippen LogP contribution in [0.1, 0.15) is 38.2 Å². The van der Waals surface area contributed by atoms with Gasteiger partial charge in [-0.3, -0.25) is 9.78 Å². The van der Waals surface area contributed by atoms with Gasteiger partial charge in [-0.15, -0.1) is 0 Å². The van der Waals surface area contributed by atoms with Crippen molar-refractivity contribution in [2.24, 2.45) is 5.73 Å². The molecule has 4 heteroatoms. The molecule has 1 amide bonds. The Bertz CT molecular complexity index is 338. The fraction of sp³-hybridized carbons (Fsp3) is 0.538. The molecule has 94 valence electrons. The van der Waals surface area contributed by atoms with E-state index in [4.69, 9.17) is 5.73 Å². The highest BCUT2D eigenvalue weighted by Gasteiger charge is 2.20. The average molecular weight is 235 g/mol. The van der Waals surface area contributed by atoms with Crippen LogP contribution >= 0.6 is 0 Å². The van der Waals surface area contributed by atoms with Crippen molar-refractivity contribution in [1.29, 1.82) is 0 Å². The largest absolute Gasteiger partial charge is 0.353 e. The van der Waals surface area contributed by atoms with Gasteiger partial charge in [0, 0.05) is 18.4 Å². The second kappa shape index (κ2) is 7.01. The third-order valence-electron chi connectivity index (χ3n) is 2.55. The van der Waals surface area contributed by atoms with E-state index >= 15 is 0 Å². The van der Waals surface area contributed by atoms with Crippen molar-refractivity contribution >= 4 is 5.91 Å². The predicted octanol–water partition coefficient (Wildman–Crippen LogP) is 1.43. The van der Waals surface area contributed by atoms with Gasteiger partial charge < -0.3 is 11.1 Å². The highest BCUT2D eigenvalue weighted by molar-refractivity contribution is 5.83. The number of hydrogen-bond donors (Lipinski definition) is 2. The summed E-state index contributed by atoms with van der Waals surface area (Å²) >= 11 is 0. The van der Waals surface area contributed by atoms with Crippen LogP contribution in [0.4, 0.5) is 0 Å². The number of amides is 1. The summed E-state index contributed by atoms with van der Waals surface area (Å²) in [7, 11) is 0. The van der Waals surface area contributed by atoms with Gasteiger partial charge in [-0.05, 0) is 50.9 Å². The van der Waals surface area contributed by atoms with Crippen LogP contribution in [-0.2, 0) is 4.79 Å². The Labute approximate surface area is 103 Å². The number of pyridine rings is 1. The van der Waals surface area contributed by atoms with E-state index in [1.165, 1.54) is 0 Å². The third-order valence-corrected chi connectivity index (χ3v) is 2.55. The summed E-state index contributed by atoms with van der Waals surface area (Å²) in [5.74, 6) is -0.0522. The van der Waals surface area contributed by atoms with Crippen molar-refractivity contribution in [1.82, 2.24) is 10.3 Å². The van der Waals surface area contributed by atoms with E-state index in [1.807, 2.05) is 26.0 Å². The quantitative estimate of drug-likeness (QED) is 0.783. The minimum atomic E-state index is -0.121. The average Bonchev–Trinajstić information content (AvgIpc) is 2.30. The highest BCUT2D eigenvalue weighted by Crippen LogP contribution is 2.20. The zero-order valence-corrected chi connectivity index (χ0v) is 10.5. The zero-order valence-electron chi connectivity index (χ0n) is 10.5. The molecule has 4 nitrogen and oxygen atoms in total. The number of carbonyl (C=O) groups is 1. The zero-order chi connectivity index (χ0) is 12.7. The monoisotopic (exact) mass is 235 g/mol. The van der Waals surface area contributed by atoms with Crippen LogP contribution in [-0.4, -0.2) is 23.5 Å². The van der Waals surface area contributed by atoms with E-state index in [2.05, 4.69) is 10.3 Å². The van der Waals surface area contributed by atoms with Gasteiger partial charge >= 0.3 is 0 Å². The Morgan fingerprint density at radius 2 is 2.06 bits per heavy atom. The van der Waals surface area contributed by atoms with Gasteiger partial charge in [0.25, 0.3) is 0 Å². The lowest BCUT2D eigenvalue weighted by Crippen LogP contribution is -2.34. The molecule has 0 aliphatic heterocycles. The molecule has 0 aromatic carbocycles. The number of rotatable bonds is 6. The normalized spacial score (nSPS) is 12.5. The highest BCUT2D eigenvalue weighted by atomic mass is 16.1. The van der Waals surface area contributed by atoms with E-state index in [0.717, 1.165) is 18.4 Å². The maximum atomic E-state index is 12.1. The van der Waals surface area contributed by atoms with Crippen LogP contribution in [0, 0.1) is 0 Å². The van der Waals surface area contributed by atoms with E-state index < -0.39 is 0 Å². The van der Waals surface area contributed by atoms with E-state index in [0.29, 0.717) is 6.54 Å². The lowest BCUT2D eigenvalue weighted by atomic mass is 9.94. The second-order valence-electron chi connectivity index (χ2n) is 4.43. The predicted molar refractivity (Wildman–Crippen MR) is 68.5 cm³/mol. The summed E-state index contributed by atoms with van der Waals surface area (Å²) in [6.45, 7) is 4.53. The first kappa shape index (κ1) is 13.6. The molecule has 1 unspecified atom stereocenters. The number of hydrogen-bond acceptors (Lipinski definition) is 3. The summed E-state index contributed by atoms with van der Waals surface area (Å²) in [4.78, 5) is 16.1. The van der Waals surface area contributed by atoms with Crippen LogP contribution in [0.15, 0.2) is 24.5 Å². The molecule has 1 rings (SSSR count). The lowest BCUT2D eigenvalue weighted by molar-refractivity contribution is -0.123. The Morgan fingerprint density at radius 1 is 1.41 bits per heavy atom. The van der Waals surface area contributed by atoms with Gasteiger partial charge in [-0.1, -0.05) is 0 Å². The van der Waals surface area contributed by atoms with Gasteiger partial charge in [0.1, 0.15) is 0 Å². The van der Waals surface area contributed by atoms with Gasteiger partial charge in [-0.2, -0.15) is 0 Å². The van der Waals surface area contributed by atoms with Crippen molar-refractivity contribution < 1.29 is 4.79 Å². The number of nitrogens with one attached hydrogen (secondary N) is 1. The Morgan fingerprint density at radius 3 is 2.59 bits per heavy atom. The molecular formula is C13H21N3O. The van der Waals surface area contributed by atoms with Gasteiger partial charge in [0.2, 0.25) is 5.91 Å². The molecule has 17 heavy (non-hydrogen) atoms. The molecule has 0 radical (unpaired) electrons. The second-order valence-corrected chi connectivity index (χ2v) is 4.43. The third kappa shape index (κ3) is 4.53. The maximum Gasteiger partial charge on any atom is 0.227 e. The van der Waals surface area contributed by atoms with Gasteiger partial charge in [-0.25, -0.2) is 0 Å². The number of carbonyl (C=O) groups excluding carboxylic acids is 1. The Balaban J connectivity index is 2.76. The standard InChI is InChI=1S/C13H21N3O/c1-10(2)16-13(17)12(4-3-7-14)11-5-8-15-9-6-11/h5-6,8-10,12H,3-4,7,14H2,1-2H3,(H,16,17). The molecule has 0 aliphatic carbocycles. The number of nitrogens with zero attached hydrogens (tertiary/aromatic N) is 1. The number of nitrogens with two attached hydrogens (primary N) is 1. The van der Waals surface area contributed by atoms with Crippen molar-refractivity contribution in [3.8, 4) is 0 Å².